The van der Waals surface area contributed by atoms with Crippen LogP contribution in [0.2, 0.25) is 0 Å². The Balaban J connectivity index is 1.33. The first kappa shape index (κ1) is 29.6. The molecule has 7 unspecified atom stereocenters. The van der Waals surface area contributed by atoms with Crippen LogP contribution in [-0.2, 0) is 48.2 Å². The summed E-state index contributed by atoms with van der Waals surface area (Å²) < 4.78 is 90.6. The molecular formula is C24H31F3O11S. The number of esters is 4. The van der Waals surface area contributed by atoms with E-state index in [1.54, 1.807) is 0 Å². The molecule has 4 aliphatic rings. The molecule has 0 aromatic carbocycles. The van der Waals surface area contributed by atoms with Crippen molar-refractivity contribution in [3.63, 3.8) is 0 Å². The molecule has 0 spiro atoms. The fraction of sp³-hybridized carbons (Fsp3) is 0.833. The largest absolute Gasteiger partial charge is 0.462 e. The summed E-state index contributed by atoms with van der Waals surface area (Å²) >= 11 is 0. The van der Waals surface area contributed by atoms with Gasteiger partial charge >= 0.3 is 39.2 Å². The van der Waals surface area contributed by atoms with Crippen LogP contribution >= 0.6 is 0 Å². The van der Waals surface area contributed by atoms with Gasteiger partial charge in [-0.2, -0.15) is 17.2 Å². The summed E-state index contributed by atoms with van der Waals surface area (Å²) in [7, 11) is -6.07. The van der Waals surface area contributed by atoms with E-state index in [0.29, 0.717) is 6.42 Å². The number of carbonyl (C=O) groups excluding carboxylic acids is 4. The first-order chi connectivity index (χ1) is 18.1. The van der Waals surface area contributed by atoms with Crippen molar-refractivity contribution in [1.29, 1.82) is 0 Å². The summed E-state index contributed by atoms with van der Waals surface area (Å²) in [4.78, 5) is 50.2. The van der Waals surface area contributed by atoms with E-state index >= 15 is 0 Å². The zero-order valence-electron chi connectivity index (χ0n) is 21.3. The van der Waals surface area contributed by atoms with Crippen LogP contribution in [0.1, 0.15) is 58.8 Å². The van der Waals surface area contributed by atoms with Crippen molar-refractivity contribution in [2.75, 3.05) is 6.61 Å². The first-order valence-corrected chi connectivity index (χ1v) is 14.3. The smallest absolute Gasteiger partial charge is 0.403 e. The van der Waals surface area contributed by atoms with Gasteiger partial charge in [-0.3, -0.25) is 23.7 Å². The Kier molecular flexibility index (Phi) is 7.98. The van der Waals surface area contributed by atoms with E-state index < -0.39 is 100 Å². The van der Waals surface area contributed by atoms with E-state index in [4.69, 9.17) is 18.8 Å². The lowest BCUT2D eigenvalue weighted by Crippen LogP contribution is -2.47. The third kappa shape index (κ3) is 5.35. The molecule has 1 N–H and O–H groups in total. The van der Waals surface area contributed by atoms with Crippen LogP contribution in [0.4, 0.5) is 13.2 Å². The Labute approximate surface area is 222 Å². The molecule has 0 amide bonds. The molecule has 0 aromatic rings. The number of rotatable bonds is 11. The maximum absolute atomic E-state index is 13.5. The number of carbonyl (C=O) groups is 4. The van der Waals surface area contributed by atoms with Gasteiger partial charge in [0.25, 0.3) is 0 Å². The SMILES string of the molecule is CC(C)C1(OC(=O)C2C3CC4C(OC(=O)C42)C3OC(=O)CCC(=O)OCC(F)C(F)(F)S(=O)(=O)O)CCCC1. The third-order valence-electron chi connectivity index (χ3n) is 8.52. The predicted octanol–water partition coefficient (Wildman–Crippen LogP) is 2.36. The molecule has 4 rings (SSSR count). The monoisotopic (exact) mass is 584 g/mol. The number of hydrogen-bond acceptors (Lipinski definition) is 10. The highest BCUT2D eigenvalue weighted by molar-refractivity contribution is 7.86. The van der Waals surface area contributed by atoms with Crippen molar-refractivity contribution < 1.29 is 64.3 Å². The summed E-state index contributed by atoms with van der Waals surface area (Å²) in [6.07, 6.45) is -2.82. The van der Waals surface area contributed by atoms with Gasteiger partial charge in [-0.1, -0.05) is 13.8 Å². The second-order valence-corrected chi connectivity index (χ2v) is 12.5. The maximum Gasteiger partial charge on any atom is 0.403 e. The highest BCUT2D eigenvalue weighted by Gasteiger charge is 2.70. The van der Waals surface area contributed by atoms with Crippen LogP contribution in [-0.4, -0.2) is 72.7 Å². The van der Waals surface area contributed by atoms with Crippen molar-refractivity contribution >= 4 is 34.0 Å². The van der Waals surface area contributed by atoms with Crippen molar-refractivity contribution in [2.45, 2.75) is 88.0 Å². The molecule has 0 radical (unpaired) electrons. The Hall–Kier alpha value is -2.42. The standard InChI is InChI=1S/C24H31F3O11S/c1-11(2)23(7-3-4-8-23)38-22(31)18-13-9-12-17(18)21(30)37-20(12)19(13)36-16(29)6-5-15(28)35-10-14(25)24(26,27)39(32,33)34/h11-14,17-20H,3-10H2,1-2H3,(H,32,33,34). The van der Waals surface area contributed by atoms with Crippen molar-refractivity contribution in [3.8, 4) is 0 Å². The number of ether oxygens (including phenoxy) is 4. The van der Waals surface area contributed by atoms with E-state index in [2.05, 4.69) is 4.74 Å². The predicted molar refractivity (Wildman–Crippen MR) is 122 cm³/mol. The first-order valence-electron chi connectivity index (χ1n) is 12.9. The van der Waals surface area contributed by atoms with E-state index in [1.165, 1.54) is 0 Å². The lowest BCUT2D eigenvalue weighted by molar-refractivity contribution is -0.178. The van der Waals surface area contributed by atoms with Crippen LogP contribution in [0, 0.1) is 29.6 Å². The van der Waals surface area contributed by atoms with Crippen molar-refractivity contribution in [3.05, 3.63) is 0 Å². The summed E-state index contributed by atoms with van der Waals surface area (Å²) in [6.45, 7) is 2.28. The average molecular weight is 585 g/mol. The van der Waals surface area contributed by atoms with Crippen LogP contribution in [0.5, 0.6) is 0 Å². The van der Waals surface area contributed by atoms with Gasteiger partial charge in [0, 0.05) is 11.8 Å². The van der Waals surface area contributed by atoms with E-state index in [9.17, 15) is 40.8 Å². The number of alkyl halides is 3. The van der Waals surface area contributed by atoms with Gasteiger partial charge in [-0.05, 0) is 38.0 Å². The van der Waals surface area contributed by atoms with E-state index in [-0.39, 0.29) is 11.8 Å². The highest BCUT2D eigenvalue weighted by atomic mass is 32.2. The Morgan fingerprint density at radius 3 is 2.33 bits per heavy atom. The van der Waals surface area contributed by atoms with Crippen LogP contribution < -0.4 is 0 Å². The second kappa shape index (κ2) is 10.5. The third-order valence-corrected chi connectivity index (χ3v) is 9.47. The molecule has 39 heavy (non-hydrogen) atoms. The minimum Gasteiger partial charge on any atom is -0.462 e. The van der Waals surface area contributed by atoms with E-state index in [1.807, 2.05) is 13.8 Å². The van der Waals surface area contributed by atoms with E-state index in [0.717, 1.165) is 25.7 Å². The van der Waals surface area contributed by atoms with Crippen molar-refractivity contribution in [1.82, 2.24) is 0 Å². The fourth-order valence-electron chi connectivity index (χ4n) is 6.42. The van der Waals surface area contributed by atoms with Gasteiger partial charge in [0.05, 0.1) is 24.7 Å². The molecule has 1 saturated heterocycles. The minimum absolute atomic E-state index is 0.0751. The molecule has 3 saturated carbocycles. The van der Waals surface area contributed by atoms with Crippen LogP contribution in [0.15, 0.2) is 0 Å². The Morgan fingerprint density at radius 1 is 1.13 bits per heavy atom. The second-order valence-electron chi connectivity index (χ2n) is 11.0. The molecule has 3 aliphatic carbocycles. The van der Waals surface area contributed by atoms with Gasteiger partial charge in [-0.15, -0.1) is 0 Å². The molecule has 2 bridgehead atoms. The normalized spacial score (nSPS) is 31.7. The molecule has 7 atom stereocenters. The van der Waals surface area contributed by atoms with Gasteiger partial charge in [0.1, 0.15) is 24.4 Å². The van der Waals surface area contributed by atoms with Gasteiger partial charge in [0.15, 0.2) is 0 Å². The topological polar surface area (TPSA) is 160 Å². The average Bonchev–Trinajstić information content (AvgIpc) is 3.59. The number of hydrogen-bond donors (Lipinski definition) is 1. The Bertz CT molecular complexity index is 1120. The zero-order valence-corrected chi connectivity index (χ0v) is 22.2. The zero-order chi connectivity index (χ0) is 28.9. The fourth-order valence-corrected chi connectivity index (χ4v) is 6.81. The summed E-state index contributed by atoms with van der Waals surface area (Å²) in [5.74, 6) is -5.59. The summed E-state index contributed by atoms with van der Waals surface area (Å²) in [5.41, 5.74) is -0.614. The lowest BCUT2D eigenvalue weighted by atomic mass is 9.78. The highest BCUT2D eigenvalue weighted by Crippen LogP contribution is 2.59. The van der Waals surface area contributed by atoms with Crippen molar-refractivity contribution in [2.24, 2.45) is 29.6 Å². The minimum atomic E-state index is -6.07. The molecule has 1 heterocycles. The van der Waals surface area contributed by atoms with Crippen LogP contribution in [0.3, 0.4) is 0 Å². The molecule has 220 valence electrons. The molecule has 15 heteroatoms. The van der Waals surface area contributed by atoms with Gasteiger partial charge < -0.3 is 18.9 Å². The molecule has 11 nitrogen and oxygen atoms in total. The Morgan fingerprint density at radius 2 is 1.74 bits per heavy atom. The number of halogens is 3. The molecule has 4 fully saturated rings. The molecular weight excluding hydrogens is 553 g/mol. The quantitative estimate of drug-likeness (QED) is 0.216. The maximum atomic E-state index is 13.5. The van der Waals surface area contributed by atoms with Gasteiger partial charge in [0.2, 0.25) is 6.17 Å². The van der Waals surface area contributed by atoms with Gasteiger partial charge in [-0.25, -0.2) is 4.39 Å². The lowest BCUT2D eigenvalue weighted by Gasteiger charge is -2.37. The molecule has 1 aliphatic heterocycles. The number of fused-ring (bicyclic) bond motifs is 1. The summed E-state index contributed by atoms with van der Waals surface area (Å²) in [6, 6.07) is 0. The van der Waals surface area contributed by atoms with Crippen LogP contribution in [0.25, 0.3) is 0 Å². The summed E-state index contributed by atoms with van der Waals surface area (Å²) in [5, 5.41) is -5.19. The molecule has 0 aromatic heterocycles.